The molecule has 0 saturated heterocycles. The lowest BCUT2D eigenvalue weighted by Crippen LogP contribution is -2.43. The van der Waals surface area contributed by atoms with Gasteiger partial charge >= 0.3 is 0 Å². The van der Waals surface area contributed by atoms with E-state index < -0.39 is 22.7 Å². The van der Waals surface area contributed by atoms with Gasteiger partial charge in [0, 0.05) is 100 Å². The molecule has 3 amide bonds. The average Bonchev–Trinajstić information content (AvgIpc) is 3.12. The molecule has 0 aliphatic rings. The van der Waals surface area contributed by atoms with E-state index in [0.29, 0.717) is 32.7 Å². The molecule has 0 fully saturated rings. The number of nitrogens with one attached hydrogen (secondary N) is 3. The van der Waals surface area contributed by atoms with Crippen molar-refractivity contribution >= 4 is 29.3 Å². The van der Waals surface area contributed by atoms with E-state index >= 15 is 0 Å². The minimum absolute atomic E-state index is 0.0282. The third-order valence-corrected chi connectivity index (χ3v) is 11.1. The number of rotatable bonds is 34. The SMILES string of the molecule is CCCCCCC(CC)C(=O)C(C)(C)CC(CC(=O)C(C)(C)CC(CC(=O)NCCN(C)CCN(C)C)C(=O)NCCCC)C(=O)NCCN(C)CCN(C)C. The topological polar surface area (TPSA) is 134 Å². The van der Waals surface area contributed by atoms with Gasteiger partial charge in [-0.05, 0) is 74.4 Å². The number of Topliss-reactive ketones (excluding diaryl/α,β-unsaturated/α-hetero) is 2. The summed E-state index contributed by atoms with van der Waals surface area (Å²) in [6, 6.07) is 0. The first-order valence-corrected chi connectivity index (χ1v) is 21.8. The first-order valence-electron chi connectivity index (χ1n) is 21.8. The van der Waals surface area contributed by atoms with Gasteiger partial charge in [-0.3, -0.25) is 24.0 Å². The van der Waals surface area contributed by atoms with Gasteiger partial charge in [0.25, 0.3) is 0 Å². The molecule has 0 aliphatic carbocycles. The number of hydrogen-bond donors (Lipinski definition) is 3. The summed E-state index contributed by atoms with van der Waals surface area (Å²) in [6.45, 7) is 20.0. The molecule has 0 heterocycles. The normalized spacial score (nSPS) is 13.9. The van der Waals surface area contributed by atoms with Crippen LogP contribution in [0.15, 0.2) is 0 Å². The molecule has 3 unspecified atom stereocenters. The number of ketones is 2. The van der Waals surface area contributed by atoms with Crippen LogP contribution in [-0.4, -0.2) is 150 Å². The summed E-state index contributed by atoms with van der Waals surface area (Å²) in [6.07, 6.45) is 8.07. The van der Waals surface area contributed by atoms with E-state index in [-0.39, 0.29) is 60.9 Å². The summed E-state index contributed by atoms with van der Waals surface area (Å²) < 4.78 is 0. The predicted octanol–water partition coefficient (Wildman–Crippen LogP) is 5.10. The van der Waals surface area contributed by atoms with Gasteiger partial charge in [-0.1, -0.05) is 80.6 Å². The zero-order chi connectivity index (χ0) is 42.9. The highest BCUT2D eigenvalue weighted by molar-refractivity contribution is 5.92. The number of likely N-dealkylation sites (N-methyl/N-ethyl adjacent to an activating group) is 4. The second-order valence-electron chi connectivity index (χ2n) is 18.2. The zero-order valence-corrected chi connectivity index (χ0v) is 38.4. The molecule has 3 N–H and O–H groups in total. The van der Waals surface area contributed by atoms with Gasteiger partial charge in [-0.15, -0.1) is 0 Å². The van der Waals surface area contributed by atoms with Gasteiger partial charge in [0.05, 0.1) is 0 Å². The Morgan fingerprint density at radius 1 is 0.518 bits per heavy atom. The minimum atomic E-state index is -0.996. The molecule has 0 saturated carbocycles. The van der Waals surface area contributed by atoms with E-state index in [1.807, 2.05) is 70.0 Å². The summed E-state index contributed by atoms with van der Waals surface area (Å²) >= 11 is 0. The number of carbonyl (C=O) groups excluding carboxylic acids is 5. The van der Waals surface area contributed by atoms with Crippen molar-refractivity contribution in [3.63, 3.8) is 0 Å². The molecule has 0 aromatic rings. The molecule has 3 atom stereocenters. The van der Waals surface area contributed by atoms with Crippen LogP contribution >= 0.6 is 0 Å². The largest absolute Gasteiger partial charge is 0.356 e. The third-order valence-electron chi connectivity index (χ3n) is 11.1. The summed E-state index contributed by atoms with van der Waals surface area (Å²) in [5.41, 5.74) is -1.80. The van der Waals surface area contributed by atoms with E-state index in [4.69, 9.17) is 0 Å². The van der Waals surface area contributed by atoms with Crippen LogP contribution in [0.4, 0.5) is 0 Å². The number of hydrogen-bond acceptors (Lipinski definition) is 9. The van der Waals surface area contributed by atoms with Gasteiger partial charge in [-0.2, -0.15) is 0 Å². The Morgan fingerprint density at radius 3 is 1.50 bits per heavy atom. The maximum atomic E-state index is 14.3. The van der Waals surface area contributed by atoms with Crippen molar-refractivity contribution in [3.8, 4) is 0 Å². The first-order chi connectivity index (χ1) is 26.2. The highest BCUT2D eigenvalue weighted by Gasteiger charge is 2.41. The molecule has 0 aliphatic heterocycles. The lowest BCUT2D eigenvalue weighted by Gasteiger charge is -2.33. The summed E-state index contributed by atoms with van der Waals surface area (Å²) in [5.74, 6) is -2.18. The molecule has 0 radical (unpaired) electrons. The second-order valence-corrected chi connectivity index (χ2v) is 18.2. The van der Waals surface area contributed by atoms with Gasteiger partial charge in [0.2, 0.25) is 17.7 Å². The van der Waals surface area contributed by atoms with Crippen molar-refractivity contribution in [2.75, 3.05) is 101 Å². The number of unbranched alkanes of at least 4 members (excludes halogenated alkanes) is 4. The quantitative estimate of drug-likeness (QED) is 0.0762. The molecule has 56 heavy (non-hydrogen) atoms. The van der Waals surface area contributed by atoms with Crippen molar-refractivity contribution < 1.29 is 24.0 Å². The Hall–Kier alpha value is -2.41. The van der Waals surface area contributed by atoms with E-state index in [1.54, 1.807) is 0 Å². The standard InChI is InChI=1S/C44H87N7O5/c1-14-17-19-20-21-35(16-3)40(54)44(6,7)34-36(41(55)47-24-26-51(13)30-28-49(10)11)31-38(52)43(4,5)33-37(42(56)46-22-18-15-2)32-39(53)45-23-25-50(12)29-27-48(8)9/h35-37H,14-34H2,1-13H3,(H,45,53)(H,46,56)(H,47,55). The molecular weight excluding hydrogens is 707 g/mol. The fourth-order valence-corrected chi connectivity index (χ4v) is 7.05. The van der Waals surface area contributed by atoms with Crippen LogP contribution in [0.3, 0.4) is 0 Å². The predicted molar refractivity (Wildman–Crippen MR) is 232 cm³/mol. The monoisotopic (exact) mass is 794 g/mol. The van der Waals surface area contributed by atoms with Crippen molar-refractivity contribution in [2.45, 2.75) is 126 Å². The van der Waals surface area contributed by atoms with Crippen molar-refractivity contribution in [1.29, 1.82) is 0 Å². The fraction of sp³-hybridized carbons (Fsp3) is 0.886. The van der Waals surface area contributed by atoms with Crippen LogP contribution in [-0.2, 0) is 24.0 Å². The van der Waals surface area contributed by atoms with Gasteiger partial charge in [0.1, 0.15) is 11.6 Å². The number of nitrogens with zero attached hydrogens (tertiary/aromatic N) is 4. The van der Waals surface area contributed by atoms with E-state index in [2.05, 4.69) is 56.3 Å². The van der Waals surface area contributed by atoms with Crippen LogP contribution in [0.25, 0.3) is 0 Å². The van der Waals surface area contributed by atoms with Gasteiger partial charge in [-0.25, -0.2) is 0 Å². The zero-order valence-electron chi connectivity index (χ0n) is 38.4. The Kier molecular flexibility index (Phi) is 27.7. The molecule has 0 bridgehead atoms. The Labute approximate surface area is 343 Å². The fourth-order valence-electron chi connectivity index (χ4n) is 7.05. The summed E-state index contributed by atoms with van der Waals surface area (Å²) in [5, 5.41) is 9.05. The van der Waals surface area contributed by atoms with Crippen LogP contribution in [0.2, 0.25) is 0 Å². The molecule has 0 spiro atoms. The molecule has 0 rings (SSSR count). The molecule has 12 nitrogen and oxygen atoms in total. The molecule has 328 valence electrons. The number of carbonyl (C=O) groups is 5. The van der Waals surface area contributed by atoms with Gasteiger partial charge in [0.15, 0.2) is 0 Å². The van der Waals surface area contributed by atoms with Gasteiger partial charge < -0.3 is 35.6 Å². The van der Waals surface area contributed by atoms with E-state index in [0.717, 1.165) is 77.5 Å². The Balaban J connectivity index is 6.11. The maximum absolute atomic E-state index is 14.3. The number of amides is 3. The first kappa shape index (κ1) is 53.6. The van der Waals surface area contributed by atoms with Crippen molar-refractivity contribution in [2.24, 2.45) is 28.6 Å². The molecule has 0 aromatic heterocycles. The summed E-state index contributed by atoms with van der Waals surface area (Å²) in [7, 11) is 12.1. The molecule has 12 heteroatoms. The van der Waals surface area contributed by atoms with Crippen LogP contribution < -0.4 is 16.0 Å². The van der Waals surface area contributed by atoms with Crippen LogP contribution in [0.1, 0.15) is 126 Å². The lowest BCUT2D eigenvalue weighted by atomic mass is 9.70. The van der Waals surface area contributed by atoms with Crippen LogP contribution in [0.5, 0.6) is 0 Å². The summed E-state index contributed by atoms with van der Waals surface area (Å²) in [4.78, 5) is 77.5. The smallest absolute Gasteiger partial charge is 0.223 e. The van der Waals surface area contributed by atoms with Crippen molar-refractivity contribution in [1.82, 2.24) is 35.6 Å². The molecule has 0 aromatic carbocycles. The van der Waals surface area contributed by atoms with E-state index in [9.17, 15) is 24.0 Å². The van der Waals surface area contributed by atoms with Crippen LogP contribution in [0, 0.1) is 28.6 Å². The highest BCUT2D eigenvalue weighted by Crippen LogP contribution is 2.37. The van der Waals surface area contributed by atoms with Crippen molar-refractivity contribution in [3.05, 3.63) is 0 Å². The maximum Gasteiger partial charge on any atom is 0.223 e. The highest BCUT2D eigenvalue weighted by atomic mass is 16.2. The molecular formula is C44H87N7O5. The van der Waals surface area contributed by atoms with E-state index in [1.165, 1.54) is 0 Å². The lowest BCUT2D eigenvalue weighted by molar-refractivity contribution is -0.139. The third kappa shape index (κ3) is 23.7. The Bertz CT molecular complexity index is 1140. The second kappa shape index (κ2) is 28.9. The average molecular weight is 794 g/mol. The minimum Gasteiger partial charge on any atom is -0.356 e. The Morgan fingerprint density at radius 2 is 1.00 bits per heavy atom.